The summed E-state index contributed by atoms with van der Waals surface area (Å²) in [5.41, 5.74) is 1.25. The van der Waals surface area contributed by atoms with Crippen LogP contribution in [0.25, 0.3) is 0 Å². The number of ether oxygens (including phenoxy) is 1. The van der Waals surface area contributed by atoms with Gasteiger partial charge >= 0.3 is 0 Å². The van der Waals surface area contributed by atoms with Crippen molar-refractivity contribution in [2.24, 2.45) is 0 Å². The molecule has 2 N–H and O–H groups in total. The van der Waals surface area contributed by atoms with Crippen LogP contribution in [0.15, 0.2) is 24.3 Å². The van der Waals surface area contributed by atoms with E-state index < -0.39 is 0 Å². The normalized spacial score (nSPS) is 16.9. The Morgan fingerprint density at radius 2 is 2.12 bits per heavy atom. The van der Waals surface area contributed by atoms with E-state index in [4.69, 9.17) is 4.74 Å². The van der Waals surface area contributed by atoms with E-state index in [0.717, 1.165) is 18.8 Å². The molecule has 1 saturated heterocycles. The SMILES string of the molecule is COc1cccc(C(C)(C)NC2CNC2)c1. The molecule has 0 bridgehead atoms. The minimum atomic E-state index is -0.0126. The van der Waals surface area contributed by atoms with Gasteiger partial charge in [0.25, 0.3) is 0 Å². The van der Waals surface area contributed by atoms with Crippen molar-refractivity contribution >= 4 is 0 Å². The molecule has 3 nitrogen and oxygen atoms in total. The molecule has 2 rings (SSSR count). The first kappa shape index (κ1) is 11.4. The van der Waals surface area contributed by atoms with Crippen molar-refractivity contribution in [2.45, 2.75) is 25.4 Å². The van der Waals surface area contributed by atoms with E-state index >= 15 is 0 Å². The van der Waals surface area contributed by atoms with E-state index in [9.17, 15) is 0 Å². The van der Waals surface area contributed by atoms with Crippen LogP contribution in [0.1, 0.15) is 19.4 Å². The Hall–Kier alpha value is -1.06. The van der Waals surface area contributed by atoms with Crippen LogP contribution in [-0.4, -0.2) is 26.2 Å². The maximum Gasteiger partial charge on any atom is 0.119 e. The van der Waals surface area contributed by atoms with E-state index in [1.807, 2.05) is 12.1 Å². The van der Waals surface area contributed by atoms with Gasteiger partial charge in [-0.1, -0.05) is 12.1 Å². The summed E-state index contributed by atoms with van der Waals surface area (Å²) >= 11 is 0. The maximum absolute atomic E-state index is 5.26. The van der Waals surface area contributed by atoms with Crippen molar-refractivity contribution in [1.29, 1.82) is 0 Å². The van der Waals surface area contributed by atoms with Crippen molar-refractivity contribution < 1.29 is 4.74 Å². The van der Waals surface area contributed by atoms with E-state index in [2.05, 4.69) is 36.6 Å². The Labute approximate surface area is 97.2 Å². The maximum atomic E-state index is 5.26. The predicted octanol–water partition coefficient (Wildman–Crippen LogP) is 1.49. The first-order valence-electron chi connectivity index (χ1n) is 5.75. The molecule has 0 radical (unpaired) electrons. The van der Waals surface area contributed by atoms with Gasteiger partial charge in [-0.05, 0) is 31.5 Å². The molecule has 0 spiro atoms. The molecule has 88 valence electrons. The molecule has 0 atom stereocenters. The molecule has 1 aromatic rings. The summed E-state index contributed by atoms with van der Waals surface area (Å²) in [5.74, 6) is 0.916. The van der Waals surface area contributed by atoms with Gasteiger partial charge in [0.15, 0.2) is 0 Å². The van der Waals surface area contributed by atoms with Crippen molar-refractivity contribution in [2.75, 3.05) is 20.2 Å². The lowest BCUT2D eigenvalue weighted by molar-refractivity contribution is 0.273. The van der Waals surface area contributed by atoms with Crippen LogP contribution >= 0.6 is 0 Å². The summed E-state index contributed by atoms with van der Waals surface area (Å²) in [5, 5.41) is 6.91. The molecule has 1 aliphatic rings. The van der Waals surface area contributed by atoms with Crippen LogP contribution in [0.5, 0.6) is 5.75 Å². The number of rotatable bonds is 4. The van der Waals surface area contributed by atoms with E-state index in [1.165, 1.54) is 5.56 Å². The summed E-state index contributed by atoms with van der Waals surface area (Å²) in [4.78, 5) is 0. The number of hydrogen-bond acceptors (Lipinski definition) is 3. The van der Waals surface area contributed by atoms with Crippen LogP contribution in [-0.2, 0) is 5.54 Å². The number of methoxy groups -OCH3 is 1. The second kappa shape index (κ2) is 4.44. The molecular formula is C13H20N2O. The monoisotopic (exact) mass is 220 g/mol. The van der Waals surface area contributed by atoms with Crippen molar-refractivity contribution in [1.82, 2.24) is 10.6 Å². The lowest BCUT2D eigenvalue weighted by atomic mass is 9.92. The fraction of sp³-hybridized carbons (Fsp3) is 0.538. The number of benzene rings is 1. The molecule has 0 unspecified atom stereocenters. The van der Waals surface area contributed by atoms with E-state index in [1.54, 1.807) is 7.11 Å². The van der Waals surface area contributed by atoms with Crippen LogP contribution in [0.4, 0.5) is 0 Å². The van der Waals surface area contributed by atoms with E-state index in [0.29, 0.717) is 6.04 Å². The van der Waals surface area contributed by atoms with E-state index in [-0.39, 0.29) is 5.54 Å². The highest BCUT2D eigenvalue weighted by Gasteiger charge is 2.27. The second-order valence-electron chi connectivity index (χ2n) is 4.86. The Kier molecular flexibility index (Phi) is 3.17. The summed E-state index contributed by atoms with van der Waals surface area (Å²) in [6.45, 7) is 6.54. The van der Waals surface area contributed by atoms with Gasteiger partial charge in [-0.2, -0.15) is 0 Å². The lowest BCUT2D eigenvalue weighted by Gasteiger charge is -2.37. The molecule has 1 fully saturated rings. The Morgan fingerprint density at radius 1 is 1.38 bits per heavy atom. The van der Waals surface area contributed by atoms with Gasteiger partial charge in [0.05, 0.1) is 7.11 Å². The molecule has 0 aromatic heterocycles. The molecule has 1 aliphatic heterocycles. The molecule has 0 saturated carbocycles. The summed E-state index contributed by atoms with van der Waals surface area (Å²) in [7, 11) is 1.70. The van der Waals surface area contributed by atoms with Gasteiger partial charge in [0.2, 0.25) is 0 Å². The van der Waals surface area contributed by atoms with Gasteiger partial charge in [0.1, 0.15) is 5.75 Å². The Morgan fingerprint density at radius 3 is 2.69 bits per heavy atom. The first-order valence-corrected chi connectivity index (χ1v) is 5.75. The van der Waals surface area contributed by atoms with Gasteiger partial charge < -0.3 is 15.4 Å². The second-order valence-corrected chi connectivity index (χ2v) is 4.86. The third-order valence-corrected chi connectivity index (χ3v) is 3.14. The average Bonchev–Trinajstić information content (AvgIpc) is 2.24. The van der Waals surface area contributed by atoms with Crippen LogP contribution in [0.2, 0.25) is 0 Å². The minimum absolute atomic E-state index is 0.0126. The molecule has 0 amide bonds. The van der Waals surface area contributed by atoms with Crippen molar-refractivity contribution in [3.8, 4) is 5.75 Å². The zero-order valence-electron chi connectivity index (χ0n) is 10.2. The fourth-order valence-corrected chi connectivity index (χ4v) is 2.00. The largest absolute Gasteiger partial charge is 0.497 e. The molecular weight excluding hydrogens is 200 g/mol. The van der Waals surface area contributed by atoms with Gasteiger partial charge in [-0.25, -0.2) is 0 Å². The molecule has 3 heteroatoms. The Balaban J connectivity index is 2.13. The van der Waals surface area contributed by atoms with Gasteiger partial charge in [-0.3, -0.25) is 0 Å². The van der Waals surface area contributed by atoms with Crippen molar-refractivity contribution in [3.63, 3.8) is 0 Å². The summed E-state index contributed by atoms with van der Waals surface area (Å²) in [6.07, 6.45) is 0. The zero-order valence-corrected chi connectivity index (χ0v) is 10.2. The molecule has 1 heterocycles. The van der Waals surface area contributed by atoms with Gasteiger partial charge in [-0.15, -0.1) is 0 Å². The highest BCUT2D eigenvalue weighted by molar-refractivity contribution is 5.32. The minimum Gasteiger partial charge on any atom is -0.497 e. The summed E-state index contributed by atoms with van der Waals surface area (Å²) < 4.78 is 5.26. The highest BCUT2D eigenvalue weighted by atomic mass is 16.5. The summed E-state index contributed by atoms with van der Waals surface area (Å²) in [6, 6.07) is 8.84. The highest BCUT2D eigenvalue weighted by Crippen LogP contribution is 2.24. The third kappa shape index (κ3) is 2.36. The molecule has 0 aliphatic carbocycles. The number of nitrogens with one attached hydrogen (secondary N) is 2. The standard InChI is InChI=1S/C13H20N2O/c1-13(2,15-11-8-14-9-11)10-5-4-6-12(7-10)16-3/h4-7,11,14-15H,8-9H2,1-3H3. The van der Waals surface area contributed by atoms with Crippen molar-refractivity contribution in [3.05, 3.63) is 29.8 Å². The van der Waals surface area contributed by atoms with Crippen LogP contribution in [0.3, 0.4) is 0 Å². The zero-order chi connectivity index (χ0) is 11.6. The topological polar surface area (TPSA) is 33.3 Å². The average molecular weight is 220 g/mol. The lowest BCUT2D eigenvalue weighted by Crippen LogP contribution is -2.59. The molecule has 16 heavy (non-hydrogen) atoms. The van der Waals surface area contributed by atoms with Crippen LogP contribution < -0.4 is 15.4 Å². The quantitative estimate of drug-likeness (QED) is 0.806. The van der Waals surface area contributed by atoms with Gasteiger partial charge in [0, 0.05) is 24.7 Å². The molecule has 1 aromatic carbocycles. The number of hydrogen-bond donors (Lipinski definition) is 2. The third-order valence-electron chi connectivity index (χ3n) is 3.14. The van der Waals surface area contributed by atoms with Crippen LogP contribution in [0, 0.1) is 0 Å². The predicted molar refractivity (Wildman–Crippen MR) is 65.8 cm³/mol. The fourth-order valence-electron chi connectivity index (χ4n) is 2.00. The Bertz CT molecular complexity index is 359. The smallest absolute Gasteiger partial charge is 0.119 e. The first-order chi connectivity index (χ1) is 7.62.